The molecule has 1 aromatic heterocycles. The number of nitrogens with two attached hydrogens (primary N) is 1. The van der Waals surface area contributed by atoms with Crippen LogP contribution in [0.4, 0.5) is 10.2 Å². The molecule has 2 amide bonds. The summed E-state index contributed by atoms with van der Waals surface area (Å²) in [6.07, 6.45) is 1.83. The molecule has 8 heteroatoms. The number of ether oxygens (including phenoxy) is 1. The molecule has 2 aliphatic rings. The number of halogens is 1. The number of nitrogens with one attached hydrogen (secondary N) is 1. The third-order valence-electron chi connectivity index (χ3n) is 4.66. The van der Waals surface area contributed by atoms with Gasteiger partial charge in [-0.15, -0.1) is 0 Å². The van der Waals surface area contributed by atoms with Crippen molar-refractivity contribution in [2.24, 2.45) is 5.92 Å². The predicted molar refractivity (Wildman–Crippen MR) is 89.5 cm³/mol. The molecule has 2 atom stereocenters. The number of rotatable bonds is 3. The van der Waals surface area contributed by atoms with E-state index in [4.69, 9.17) is 10.5 Å². The van der Waals surface area contributed by atoms with Crippen molar-refractivity contribution < 1.29 is 18.7 Å². The van der Waals surface area contributed by atoms with Gasteiger partial charge in [0.05, 0.1) is 6.54 Å². The Hall–Kier alpha value is -2.22. The maximum atomic E-state index is 14.1. The van der Waals surface area contributed by atoms with Crippen molar-refractivity contribution in [2.45, 2.75) is 31.5 Å². The zero-order chi connectivity index (χ0) is 17.8. The number of aromatic nitrogens is 1. The van der Waals surface area contributed by atoms with Crippen molar-refractivity contribution in [3.8, 4) is 0 Å². The molecule has 0 aromatic carbocycles. The molecular formula is C17H23FN4O3. The van der Waals surface area contributed by atoms with Crippen molar-refractivity contribution in [1.82, 2.24) is 15.2 Å². The van der Waals surface area contributed by atoms with Crippen LogP contribution in [0.3, 0.4) is 0 Å². The third kappa shape index (κ3) is 4.45. The number of pyridine rings is 1. The number of carbonyl (C=O) groups is 2. The van der Waals surface area contributed by atoms with Crippen molar-refractivity contribution in [3.63, 3.8) is 0 Å². The summed E-state index contributed by atoms with van der Waals surface area (Å²) in [6.45, 7) is 1.54. The molecule has 136 valence electrons. The average Bonchev–Trinajstić information content (AvgIpc) is 2.61. The van der Waals surface area contributed by atoms with Gasteiger partial charge in [0.25, 0.3) is 5.91 Å². The van der Waals surface area contributed by atoms with Crippen LogP contribution < -0.4 is 11.1 Å². The fourth-order valence-corrected chi connectivity index (χ4v) is 3.38. The van der Waals surface area contributed by atoms with Crippen LogP contribution in [0, 0.1) is 5.92 Å². The van der Waals surface area contributed by atoms with E-state index in [0.29, 0.717) is 38.2 Å². The lowest BCUT2D eigenvalue weighted by molar-refractivity contribution is -0.141. The highest BCUT2D eigenvalue weighted by molar-refractivity contribution is 5.95. The first-order valence-corrected chi connectivity index (χ1v) is 8.56. The Morgan fingerprint density at radius 1 is 1.32 bits per heavy atom. The summed E-state index contributed by atoms with van der Waals surface area (Å²) in [6, 6.07) is 2.59. The number of carbonyl (C=O) groups excluding carboxylic acids is 2. The van der Waals surface area contributed by atoms with Crippen LogP contribution in [-0.2, 0) is 9.53 Å². The molecular weight excluding hydrogens is 327 g/mol. The highest BCUT2D eigenvalue weighted by Gasteiger charge is 2.34. The third-order valence-corrected chi connectivity index (χ3v) is 4.66. The highest BCUT2D eigenvalue weighted by Crippen LogP contribution is 2.22. The second-order valence-corrected chi connectivity index (χ2v) is 6.60. The lowest BCUT2D eigenvalue weighted by Crippen LogP contribution is -2.54. The van der Waals surface area contributed by atoms with Gasteiger partial charge in [0.2, 0.25) is 5.91 Å². The Morgan fingerprint density at radius 2 is 2.08 bits per heavy atom. The van der Waals surface area contributed by atoms with E-state index in [9.17, 15) is 14.0 Å². The molecule has 2 saturated heterocycles. The minimum atomic E-state index is -1.15. The van der Waals surface area contributed by atoms with Crippen molar-refractivity contribution in [2.75, 3.05) is 32.0 Å². The van der Waals surface area contributed by atoms with Gasteiger partial charge in [-0.05, 0) is 25.0 Å². The Morgan fingerprint density at radius 3 is 2.80 bits per heavy atom. The molecule has 0 unspecified atom stereocenters. The summed E-state index contributed by atoms with van der Waals surface area (Å²) in [7, 11) is 0. The van der Waals surface area contributed by atoms with E-state index in [1.165, 1.54) is 17.2 Å². The van der Waals surface area contributed by atoms with Crippen LogP contribution in [0.5, 0.6) is 0 Å². The van der Waals surface area contributed by atoms with Crippen LogP contribution in [0.15, 0.2) is 18.3 Å². The second-order valence-electron chi connectivity index (χ2n) is 6.60. The highest BCUT2D eigenvalue weighted by atomic mass is 19.1. The monoisotopic (exact) mass is 350 g/mol. The zero-order valence-corrected chi connectivity index (χ0v) is 14.0. The quantitative estimate of drug-likeness (QED) is 0.839. The number of hydrogen-bond acceptors (Lipinski definition) is 5. The number of amides is 2. The SMILES string of the molecule is Nc1cc(C(=O)N[C@H]2C[C@@H](F)CN(C(=O)C3CCOCC3)C2)ccn1. The molecule has 7 nitrogen and oxygen atoms in total. The normalized spacial score (nSPS) is 24.8. The van der Waals surface area contributed by atoms with Gasteiger partial charge in [-0.25, -0.2) is 9.37 Å². The summed E-state index contributed by atoms with van der Waals surface area (Å²) in [4.78, 5) is 30.3. The van der Waals surface area contributed by atoms with Crippen LogP contribution >= 0.6 is 0 Å². The van der Waals surface area contributed by atoms with Gasteiger partial charge in [-0.3, -0.25) is 9.59 Å². The summed E-state index contributed by atoms with van der Waals surface area (Å²) in [5.74, 6) is -0.254. The fraction of sp³-hybridized carbons (Fsp3) is 0.588. The van der Waals surface area contributed by atoms with E-state index in [2.05, 4.69) is 10.3 Å². The van der Waals surface area contributed by atoms with Gasteiger partial charge in [0.15, 0.2) is 0 Å². The lowest BCUT2D eigenvalue weighted by Gasteiger charge is -2.37. The van der Waals surface area contributed by atoms with Gasteiger partial charge >= 0.3 is 0 Å². The molecule has 2 aliphatic heterocycles. The van der Waals surface area contributed by atoms with Crippen molar-refractivity contribution >= 4 is 17.6 Å². The van der Waals surface area contributed by atoms with E-state index >= 15 is 0 Å². The largest absolute Gasteiger partial charge is 0.384 e. The van der Waals surface area contributed by atoms with Gasteiger partial charge in [0.1, 0.15) is 12.0 Å². The van der Waals surface area contributed by atoms with Crippen molar-refractivity contribution in [1.29, 1.82) is 0 Å². The molecule has 3 N–H and O–H groups in total. The van der Waals surface area contributed by atoms with Gasteiger partial charge in [-0.1, -0.05) is 0 Å². The smallest absolute Gasteiger partial charge is 0.251 e. The summed E-state index contributed by atoms with van der Waals surface area (Å²) in [5, 5.41) is 2.80. The second kappa shape index (κ2) is 7.77. The van der Waals surface area contributed by atoms with Gasteiger partial charge in [0, 0.05) is 49.9 Å². The molecule has 25 heavy (non-hydrogen) atoms. The summed E-state index contributed by atoms with van der Waals surface area (Å²) >= 11 is 0. The number of piperidine rings is 1. The molecule has 0 bridgehead atoms. The van der Waals surface area contributed by atoms with E-state index in [1.807, 2.05) is 0 Å². The number of nitrogens with zero attached hydrogens (tertiary/aromatic N) is 2. The molecule has 0 radical (unpaired) electrons. The van der Waals surface area contributed by atoms with Crippen LogP contribution in [0.25, 0.3) is 0 Å². The topological polar surface area (TPSA) is 97.6 Å². The van der Waals surface area contributed by atoms with Crippen LogP contribution in [0.2, 0.25) is 0 Å². The van der Waals surface area contributed by atoms with E-state index in [-0.39, 0.29) is 36.5 Å². The number of nitrogen functional groups attached to an aromatic ring is 1. The zero-order valence-electron chi connectivity index (χ0n) is 14.0. The molecule has 2 fully saturated rings. The minimum Gasteiger partial charge on any atom is -0.384 e. The molecule has 3 heterocycles. The maximum absolute atomic E-state index is 14.1. The Bertz CT molecular complexity index is 636. The predicted octanol–water partition coefficient (Wildman–Crippen LogP) is 0.759. The molecule has 1 aromatic rings. The molecule has 3 rings (SSSR count). The van der Waals surface area contributed by atoms with Gasteiger partial charge in [-0.2, -0.15) is 0 Å². The Balaban J connectivity index is 1.62. The first-order valence-electron chi connectivity index (χ1n) is 8.56. The standard InChI is InChI=1S/C17H23FN4O3/c18-13-8-14(21-16(23)12-1-4-20-15(19)7-12)10-22(9-13)17(24)11-2-5-25-6-3-11/h1,4,7,11,13-14H,2-3,5-6,8-10H2,(H2,19,20)(H,21,23)/t13-,14+/m1/s1. The summed E-state index contributed by atoms with van der Waals surface area (Å²) < 4.78 is 19.4. The summed E-state index contributed by atoms with van der Waals surface area (Å²) in [5.41, 5.74) is 5.95. The number of alkyl halides is 1. The van der Waals surface area contributed by atoms with Crippen LogP contribution in [0.1, 0.15) is 29.6 Å². The first kappa shape index (κ1) is 17.6. The maximum Gasteiger partial charge on any atom is 0.251 e. The van der Waals surface area contributed by atoms with Crippen LogP contribution in [-0.4, -0.2) is 60.2 Å². The lowest BCUT2D eigenvalue weighted by atomic mass is 9.96. The average molecular weight is 350 g/mol. The van der Waals surface area contributed by atoms with E-state index in [1.54, 1.807) is 6.07 Å². The fourth-order valence-electron chi connectivity index (χ4n) is 3.38. The molecule has 0 aliphatic carbocycles. The number of likely N-dealkylation sites (tertiary alicyclic amines) is 1. The molecule has 0 spiro atoms. The minimum absolute atomic E-state index is 0.0435. The Labute approximate surface area is 145 Å². The first-order chi connectivity index (χ1) is 12.0. The number of hydrogen-bond donors (Lipinski definition) is 2. The number of anilines is 1. The van der Waals surface area contributed by atoms with E-state index in [0.717, 1.165) is 0 Å². The molecule has 0 saturated carbocycles. The van der Waals surface area contributed by atoms with Gasteiger partial charge < -0.3 is 20.7 Å². The Kier molecular flexibility index (Phi) is 5.47. The van der Waals surface area contributed by atoms with E-state index < -0.39 is 12.2 Å². The van der Waals surface area contributed by atoms with Crippen molar-refractivity contribution in [3.05, 3.63) is 23.9 Å².